The molecule has 1 fully saturated rings. The second-order valence-corrected chi connectivity index (χ2v) is 4.22. The summed E-state index contributed by atoms with van der Waals surface area (Å²) in [6.45, 7) is 4.94. The van der Waals surface area contributed by atoms with E-state index in [9.17, 15) is 9.59 Å². The summed E-state index contributed by atoms with van der Waals surface area (Å²) in [5, 5.41) is 8.55. The van der Waals surface area contributed by atoms with Crippen LogP contribution in [-0.2, 0) is 19.1 Å². The van der Waals surface area contributed by atoms with E-state index in [1.54, 1.807) is 4.90 Å². The zero-order valence-electron chi connectivity index (χ0n) is 10.8. The molecule has 6 nitrogen and oxygen atoms in total. The molecule has 0 radical (unpaired) electrons. The lowest BCUT2D eigenvalue weighted by Crippen LogP contribution is -2.41. The monoisotopic (exact) mass is 259 g/mol. The van der Waals surface area contributed by atoms with Gasteiger partial charge < -0.3 is 19.5 Å². The van der Waals surface area contributed by atoms with Crippen LogP contribution in [0.1, 0.15) is 26.2 Å². The highest BCUT2D eigenvalue weighted by atomic mass is 16.5. The highest BCUT2D eigenvalue weighted by Crippen LogP contribution is 2.14. The minimum absolute atomic E-state index is 0.152. The van der Waals surface area contributed by atoms with Gasteiger partial charge in [-0.15, -0.1) is 0 Å². The normalized spacial score (nSPS) is 16.8. The molecule has 0 aromatic heterocycles. The van der Waals surface area contributed by atoms with Crippen molar-refractivity contribution in [2.45, 2.75) is 32.3 Å². The van der Waals surface area contributed by atoms with Gasteiger partial charge in [0.15, 0.2) is 0 Å². The number of likely N-dealkylation sites (tertiary alicyclic amines) is 1. The third-order valence-corrected chi connectivity index (χ3v) is 2.88. The maximum Gasteiger partial charge on any atom is 0.312 e. The molecule has 1 aliphatic heterocycles. The van der Waals surface area contributed by atoms with Gasteiger partial charge in [-0.2, -0.15) is 0 Å². The van der Waals surface area contributed by atoms with Crippen LogP contribution in [0.25, 0.3) is 0 Å². The van der Waals surface area contributed by atoms with Gasteiger partial charge in [0.25, 0.3) is 0 Å². The lowest BCUT2D eigenvalue weighted by atomic mass is 10.1. The molecule has 1 amide bonds. The second kappa shape index (κ2) is 8.05. The molecule has 0 aromatic rings. The van der Waals surface area contributed by atoms with Gasteiger partial charge in [-0.3, -0.25) is 9.59 Å². The first-order valence-corrected chi connectivity index (χ1v) is 6.32. The number of amides is 1. The molecule has 1 heterocycles. The fraction of sp³-hybridized carbons (Fsp3) is 0.833. The molecule has 1 saturated heterocycles. The number of rotatable bonds is 7. The van der Waals surface area contributed by atoms with Crippen LogP contribution in [0.2, 0.25) is 0 Å². The summed E-state index contributed by atoms with van der Waals surface area (Å²) in [6, 6.07) is 0. The van der Waals surface area contributed by atoms with Crippen molar-refractivity contribution in [2.24, 2.45) is 0 Å². The third-order valence-electron chi connectivity index (χ3n) is 2.88. The first kappa shape index (κ1) is 14.9. The summed E-state index contributed by atoms with van der Waals surface area (Å²) in [6.07, 6.45) is 1.25. The minimum atomic E-state index is -1.07. The van der Waals surface area contributed by atoms with Gasteiger partial charge in [0, 0.05) is 19.7 Å². The summed E-state index contributed by atoms with van der Waals surface area (Å²) in [5.41, 5.74) is 0. The molecule has 0 bridgehead atoms. The van der Waals surface area contributed by atoms with Crippen molar-refractivity contribution in [1.29, 1.82) is 0 Å². The molecule has 0 atom stereocenters. The van der Waals surface area contributed by atoms with E-state index in [0.29, 0.717) is 32.9 Å². The van der Waals surface area contributed by atoms with E-state index in [0.717, 1.165) is 12.8 Å². The molecule has 0 aliphatic carbocycles. The van der Waals surface area contributed by atoms with Gasteiger partial charge in [0.2, 0.25) is 5.91 Å². The Balaban J connectivity index is 2.16. The van der Waals surface area contributed by atoms with Crippen molar-refractivity contribution in [3.63, 3.8) is 0 Å². The number of piperidine rings is 1. The van der Waals surface area contributed by atoms with E-state index in [-0.39, 0.29) is 12.0 Å². The van der Waals surface area contributed by atoms with Gasteiger partial charge in [-0.25, -0.2) is 0 Å². The Hall–Kier alpha value is -1.14. The number of carboxylic acids is 1. The largest absolute Gasteiger partial charge is 0.481 e. The first-order valence-electron chi connectivity index (χ1n) is 6.32. The molecule has 0 spiro atoms. The van der Waals surface area contributed by atoms with E-state index in [1.807, 2.05) is 6.92 Å². The van der Waals surface area contributed by atoms with Crippen LogP contribution in [-0.4, -0.2) is 60.9 Å². The Bertz CT molecular complexity index is 274. The Morgan fingerprint density at radius 3 is 2.50 bits per heavy atom. The van der Waals surface area contributed by atoms with Crippen LogP contribution in [0.5, 0.6) is 0 Å². The molecule has 1 aliphatic rings. The van der Waals surface area contributed by atoms with Crippen LogP contribution >= 0.6 is 0 Å². The topological polar surface area (TPSA) is 76.1 Å². The molecule has 0 unspecified atom stereocenters. The Morgan fingerprint density at radius 2 is 1.94 bits per heavy atom. The number of carbonyl (C=O) groups excluding carboxylic acids is 1. The van der Waals surface area contributed by atoms with Gasteiger partial charge in [-0.1, -0.05) is 0 Å². The molecule has 0 aromatic carbocycles. The summed E-state index contributed by atoms with van der Waals surface area (Å²) in [4.78, 5) is 23.5. The zero-order valence-corrected chi connectivity index (χ0v) is 10.8. The molecule has 1 N–H and O–H groups in total. The van der Waals surface area contributed by atoms with Gasteiger partial charge in [0.1, 0.15) is 6.42 Å². The molecule has 0 saturated carbocycles. The van der Waals surface area contributed by atoms with Gasteiger partial charge >= 0.3 is 5.97 Å². The fourth-order valence-corrected chi connectivity index (χ4v) is 1.93. The van der Waals surface area contributed by atoms with Crippen molar-refractivity contribution in [3.05, 3.63) is 0 Å². The summed E-state index contributed by atoms with van der Waals surface area (Å²) in [5.74, 6) is -1.38. The van der Waals surface area contributed by atoms with Crippen molar-refractivity contribution in [3.8, 4) is 0 Å². The van der Waals surface area contributed by atoms with Crippen molar-refractivity contribution in [1.82, 2.24) is 4.90 Å². The number of hydrogen-bond acceptors (Lipinski definition) is 4. The van der Waals surface area contributed by atoms with E-state index >= 15 is 0 Å². The summed E-state index contributed by atoms with van der Waals surface area (Å²) < 4.78 is 10.8. The predicted octanol–water partition coefficient (Wildman–Crippen LogP) is 0.505. The lowest BCUT2D eigenvalue weighted by molar-refractivity contribution is -0.145. The van der Waals surface area contributed by atoms with Gasteiger partial charge in [-0.05, 0) is 19.8 Å². The highest BCUT2D eigenvalue weighted by Gasteiger charge is 2.24. The van der Waals surface area contributed by atoms with Crippen LogP contribution in [0.3, 0.4) is 0 Å². The lowest BCUT2D eigenvalue weighted by Gasteiger charge is -2.31. The summed E-state index contributed by atoms with van der Waals surface area (Å²) in [7, 11) is 0. The predicted molar refractivity (Wildman–Crippen MR) is 64.3 cm³/mol. The molecule has 6 heteroatoms. The minimum Gasteiger partial charge on any atom is -0.481 e. The third kappa shape index (κ3) is 5.46. The smallest absolute Gasteiger partial charge is 0.312 e. The van der Waals surface area contributed by atoms with E-state index in [4.69, 9.17) is 14.6 Å². The van der Waals surface area contributed by atoms with Gasteiger partial charge in [0.05, 0.1) is 19.3 Å². The maximum absolute atomic E-state index is 11.5. The zero-order chi connectivity index (χ0) is 13.4. The number of carbonyl (C=O) groups is 2. The number of nitrogens with zero attached hydrogens (tertiary/aromatic N) is 1. The van der Waals surface area contributed by atoms with Crippen LogP contribution in [0, 0.1) is 0 Å². The SMILES string of the molecule is CCOCCOC1CCN(C(=O)CC(=O)O)CC1. The Morgan fingerprint density at radius 1 is 1.28 bits per heavy atom. The fourth-order valence-electron chi connectivity index (χ4n) is 1.93. The maximum atomic E-state index is 11.5. The van der Waals surface area contributed by atoms with E-state index < -0.39 is 12.4 Å². The number of carboxylic acid groups (broad SMARTS) is 1. The van der Waals surface area contributed by atoms with Crippen LogP contribution in [0.15, 0.2) is 0 Å². The van der Waals surface area contributed by atoms with E-state index in [1.165, 1.54) is 0 Å². The summed E-state index contributed by atoms with van der Waals surface area (Å²) >= 11 is 0. The van der Waals surface area contributed by atoms with Crippen molar-refractivity contribution in [2.75, 3.05) is 32.9 Å². The number of hydrogen-bond donors (Lipinski definition) is 1. The average molecular weight is 259 g/mol. The highest BCUT2D eigenvalue weighted by molar-refractivity contribution is 5.93. The van der Waals surface area contributed by atoms with E-state index in [2.05, 4.69) is 0 Å². The van der Waals surface area contributed by atoms with Crippen LogP contribution in [0.4, 0.5) is 0 Å². The second-order valence-electron chi connectivity index (χ2n) is 4.22. The van der Waals surface area contributed by atoms with Crippen molar-refractivity contribution < 1.29 is 24.2 Å². The van der Waals surface area contributed by atoms with Crippen molar-refractivity contribution >= 4 is 11.9 Å². The average Bonchev–Trinajstić information content (AvgIpc) is 2.34. The molecule has 104 valence electrons. The number of ether oxygens (including phenoxy) is 2. The van der Waals surface area contributed by atoms with Crippen LogP contribution < -0.4 is 0 Å². The molecular formula is C12H21NO5. The number of aliphatic carboxylic acids is 1. The molecule has 1 rings (SSSR count). The Kier molecular flexibility index (Phi) is 6.67. The molecular weight excluding hydrogens is 238 g/mol. The first-order chi connectivity index (χ1) is 8.63. The standard InChI is InChI=1S/C12H21NO5/c1-2-17-7-8-18-10-3-5-13(6-4-10)11(14)9-12(15)16/h10H,2-9H2,1H3,(H,15,16). The Labute approximate surface area is 107 Å². The quantitative estimate of drug-likeness (QED) is 0.532. The molecule has 18 heavy (non-hydrogen) atoms.